The van der Waals surface area contributed by atoms with Crippen LogP contribution in [0.3, 0.4) is 0 Å². The predicted molar refractivity (Wildman–Crippen MR) is 73.0 cm³/mol. The van der Waals surface area contributed by atoms with Crippen LogP contribution in [-0.2, 0) is 0 Å². The van der Waals surface area contributed by atoms with Crippen LogP contribution >= 0.6 is 15.9 Å². The Morgan fingerprint density at radius 1 is 1.41 bits per heavy atom. The van der Waals surface area contributed by atoms with Crippen molar-refractivity contribution in [3.05, 3.63) is 16.7 Å². The summed E-state index contributed by atoms with van der Waals surface area (Å²) in [5.74, 6) is 0.904. The second-order valence-electron chi connectivity index (χ2n) is 4.96. The van der Waals surface area contributed by atoms with Crippen LogP contribution in [0, 0.1) is 0 Å². The maximum Gasteiger partial charge on any atom is 0.140 e. The zero-order chi connectivity index (χ0) is 11.8. The van der Waals surface area contributed by atoms with Gasteiger partial charge in [0.15, 0.2) is 0 Å². The molecule has 2 heterocycles. The molecule has 3 rings (SSSR count). The molecule has 3 N–H and O–H groups in total. The number of nitrogens with two attached hydrogens (primary N) is 1. The van der Waals surface area contributed by atoms with Crippen molar-refractivity contribution >= 4 is 27.4 Å². The summed E-state index contributed by atoms with van der Waals surface area (Å²) in [6.45, 7) is 2.36. The Hall–Kier alpha value is -0.810. The van der Waals surface area contributed by atoms with E-state index in [2.05, 4.69) is 31.1 Å². The molecule has 1 atom stereocenters. The van der Waals surface area contributed by atoms with Gasteiger partial charge in [-0.15, -0.1) is 0 Å². The second-order valence-corrected chi connectivity index (χ2v) is 5.81. The second kappa shape index (κ2) is 4.46. The zero-order valence-corrected chi connectivity index (χ0v) is 11.3. The molecule has 92 valence electrons. The van der Waals surface area contributed by atoms with Crippen molar-refractivity contribution in [2.24, 2.45) is 0 Å². The third kappa shape index (κ3) is 2.55. The van der Waals surface area contributed by atoms with Crippen molar-refractivity contribution < 1.29 is 0 Å². The molecule has 4 nitrogen and oxygen atoms in total. The first-order chi connectivity index (χ1) is 8.22. The van der Waals surface area contributed by atoms with Gasteiger partial charge in [0.25, 0.3) is 0 Å². The van der Waals surface area contributed by atoms with E-state index in [0.29, 0.717) is 11.7 Å². The molecule has 0 spiro atoms. The third-order valence-corrected chi connectivity index (χ3v) is 4.09. The van der Waals surface area contributed by atoms with Crippen LogP contribution in [0.1, 0.15) is 19.3 Å². The Kier molecular flexibility index (Phi) is 2.96. The number of anilines is 2. The summed E-state index contributed by atoms with van der Waals surface area (Å²) in [6, 6.07) is 3.27. The average Bonchev–Trinajstić information content (AvgIpc) is 3.04. The minimum atomic E-state index is 0.517. The van der Waals surface area contributed by atoms with E-state index >= 15 is 0 Å². The van der Waals surface area contributed by atoms with E-state index in [9.17, 15) is 0 Å². The Morgan fingerprint density at radius 2 is 2.24 bits per heavy atom. The van der Waals surface area contributed by atoms with E-state index in [1.54, 1.807) is 6.20 Å². The molecule has 0 aromatic carbocycles. The fourth-order valence-electron chi connectivity index (χ4n) is 2.43. The number of hydrogen-bond donors (Lipinski definition) is 2. The summed E-state index contributed by atoms with van der Waals surface area (Å²) in [5, 5.41) is 3.49. The van der Waals surface area contributed by atoms with Gasteiger partial charge < -0.3 is 11.1 Å². The summed E-state index contributed by atoms with van der Waals surface area (Å²) in [4.78, 5) is 6.91. The number of nitrogens with one attached hydrogen (secondary N) is 1. The van der Waals surface area contributed by atoms with E-state index in [0.717, 1.165) is 22.9 Å². The quantitative estimate of drug-likeness (QED) is 0.897. The average molecular weight is 297 g/mol. The van der Waals surface area contributed by atoms with Crippen molar-refractivity contribution in [3.63, 3.8) is 0 Å². The fourth-order valence-corrected chi connectivity index (χ4v) is 2.91. The lowest BCUT2D eigenvalue weighted by Crippen LogP contribution is -2.28. The van der Waals surface area contributed by atoms with E-state index in [1.165, 1.54) is 25.8 Å². The molecule has 2 aliphatic rings. The highest BCUT2D eigenvalue weighted by atomic mass is 79.9. The molecule has 1 aromatic heterocycles. The van der Waals surface area contributed by atoms with Gasteiger partial charge in [-0.1, -0.05) is 0 Å². The maximum atomic E-state index is 5.68. The van der Waals surface area contributed by atoms with E-state index < -0.39 is 0 Å². The van der Waals surface area contributed by atoms with Crippen LogP contribution in [0.25, 0.3) is 0 Å². The number of rotatable bonds is 3. The predicted octanol–water partition coefficient (Wildman–Crippen LogP) is 2.07. The van der Waals surface area contributed by atoms with Gasteiger partial charge in [0, 0.05) is 25.2 Å². The monoisotopic (exact) mass is 296 g/mol. The normalized spacial score (nSPS) is 25.1. The minimum absolute atomic E-state index is 0.517. The largest absolute Gasteiger partial charge is 0.397 e. The number of pyridine rings is 1. The zero-order valence-electron chi connectivity index (χ0n) is 9.69. The molecular formula is C12H17BrN4. The molecule has 1 aliphatic heterocycles. The molecule has 0 radical (unpaired) electrons. The lowest BCUT2D eigenvalue weighted by atomic mass is 10.2. The van der Waals surface area contributed by atoms with Gasteiger partial charge in [0.05, 0.1) is 16.4 Å². The van der Waals surface area contributed by atoms with Crippen LogP contribution < -0.4 is 11.1 Å². The van der Waals surface area contributed by atoms with Crippen molar-refractivity contribution in [3.8, 4) is 0 Å². The molecule has 0 amide bonds. The van der Waals surface area contributed by atoms with Crippen LogP contribution in [0.4, 0.5) is 11.5 Å². The first-order valence-electron chi connectivity index (χ1n) is 6.14. The van der Waals surface area contributed by atoms with Crippen molar-refractivity contribution in [1.82, 2.24) is 9.88 Å². The van der Waals surface area contributed by atoms with Gasteiger partial charge in [0.2, 0.25) is 0 Å². The number of likely N-dealkylation sites (tertiary alicyclic amines) is 1. The highest BCUT2D eigenvalue weighted by Crippen LogP contribution is 2.31. The highest BCUT2D eigenvalue weighted by Gasteiger charge is 2.34. The summed E-state index contributed by atoms with van der Waals surface area (Å²) in [6.07, 6.45) is 5.67. The number of halogens is 1. The summed E-state index contributed by atoms with van der Waals surface area (Å²) < 4.78 is 0.947. The van der Waals surface area contributed by atoms with Crippen molar-refractivity contribution in [2.75, 3.05) is 24.1 Å². The molecule has 1 aliphatic carbocycles. The van der Waals surface area contributed by atoms with E-state index in [-0.39, 0.29) is 0 Å². The Morgan fingerprint density at radius 3 is 2.94 bits per heavy atom. The minimum Gasteiger partial charge on any atom is -0.397 e. The fraction of sp³-hybridized carbons (Fsp3) is 0.583. The van der Waals surface area contributed by atoms with Crippen LogP contribution in [0.5, 0.6) is 0 Å². The molecule has 17 heavy (non-hydrogen) atoms. The van der Waals surface area contributed by atoms with Crippen LogP contribution in [0.15, 0.2) is 16.7 Å². The number of aromatic nitrogens is 1. The summed E-state index contributed by atoms with van der Waals surface area (Å²) >= 11 is 3.49. The summed E-state index contributed by atoms with van der Waals surface area (Å²) in [7, 11) is 0. The van der Waals surface area contributed by atoms with E-state index in [4.69, 9.17) is 5.73 Å². The van der Waals surface area contributed by atoms with Crippen LogP contribution in [0.2, 0.25) is 0 Å². The van der Waals surface area contributed by atoms with Gasteiger partial charge in [-0.3, -0.25) is 4.90 Å². The van der Waals surface area contributed by atoms with Crippen molar-refractivity contribution in [2.45, 2.75) is 31.3 Å². The number of hydrogen-bond acceptors (Lipinski definition) is 4. The van der Waals surface area contributed by atoms with Gasteiger partial charge in [-0.05, 0) is 41.3 Å². The van der Waals surface area contributed by atoms with Crippen molar-refractivity contribution in [1.29, 1.82) is 0 Å². The maximum absolute atomic E-state index is 5.68. The van der Waals surface area contributed by atoms with Gasteiger partial charge in [0.1, 0.15) is 5.82 Å². The van der Waals surface area contributed by atoms with E-state index in [1.807, 2.05) is 6.07 Å². The highest BCUT2D eigenvalue weighted by molar-refractivity contribution is 9.10. The first kappa shape index (κ1) is 11.3. The standard InChI is InChI=1S/C12H17BrN4/c13-11-5-8(14)6-15-12(11)16-9-3-4-17(7-9)10-1-2-10/h5-6,9-10H,1-4,7,14H2,(H,15,16). The SMILES string of the molecule is Nc1cnc(NC2CCN(C3CC3)C2)c(Br)c1. The van der Waals surface area contributed by atoms with Gasteiger partial charge >= 0.3 is 0 Å². The molecule has 2 fully saturated rings. The van der Waals surface area contributed by atoms with Gasteiger partial charge in [-0.25, -0.2) is 4.98 Å². The lowest BCUT2D eigenvalue weighted by molar-refractivity contribution is 0.326. The Bertz CT molecular complexity index is 419. The Balaban J connectivity index is 1.63. The molecule has 1 saturated heterocycles. The van der Waals surface area contributed by atoms with Gasteiger partial charge in [-0.2, -0.15) is 0 Å². The molecule has 1 unspecified atom stereocenters. The molecule has 0 bridgehead atoms. The van der Waals surface area contributed by atoms with Crippen LogP contribution in [-0.4, -0.2) is 35.1 Å². The first-order valence-corrected chi connectivity index (χ1v) is 6.93. The topological polar surface area (TPSA) is 54.2 Å². The smallest absolute Gasteiger partial charge is 0.140 e. The number of nitrogens with zero attached hydrogens (tertiary/aromatic N) is 2. The molecule has 1 aromatic rings. The third-order valence-electron chi connectivity index (χ3n) is 3.49. The molecule has 1 saturated carbocycles. The Labute approximate surface area is 110 Å². The molecule has 5 heteroatoms. The lowest BCUT2D eigenvalue weighted by Gasteiger charge is -2.16. The summed E-state index contributed by atoms with van der Waals surface area (Å²) in [5.41, 5.74) is 6.37. The molecular weight excluding hydrogens is 280 g/mol. The number of nitrogen functional groups attached to an aromatic ring is 1.